The number of rotatable bonds is 6. The maximum Gasteiger partial charge on any atom is 0.337 e. The van der Waals surface area contributed by atoms with Crippen molar-refractivity contribution in [3.05, 3.63) is 108 Å². The lowest BCUT2D eigenvalue weighted by atomic mass is 9.94. The van der Waals surface area contributed by atoms with Crippen LogP contribution in [0.15, 0.2) is 91.0 Å². The van der Waals surface area contributed by atoms with Gasteiger partial charge >= 0.3 is 5.97 Å². The number of carbonyl (C=O) groups excluding carboxylic acids is 1. The molecule has 4 N–H and O–H groups in total. The zero-order valence-electron chi connectivity index (χ0n) is 18.2. The van der Waals surface area contributed by atoms with E-state index in [1.165, 1.54) is 0 Å². The summed E-state index contributed by atoms with van der Waals surface area (Å²) in [6, 6.07) is 28.3. The van der Waals surface area contributed by atoms with Gasteiger partial charge in [0.1, 0.15) is 0 Å². The summed E-state index contributed by atoms with van der Waals surface area (Å²) in [5.74, 6) is -1.99. The number of fused-ring (bicyclic) bond motifs is 3. The van der Waals surface area contributed by atoms with Gasteiger partial charge in [-0.1, -0.05) is 66.7 Å². The Morgan fingerprint density at radius 2 is 1.47 bits per heavy atom. The Hall–Kier alpha value is -4.42. The average Bonchev–Trinajstić information content (AvgIpc) is 3.17. The molecule has 0 aliphatic rings. The molecule has 6 nitrogen and oxygen atoms in total. The normalized spacial score (nSPS) is 12.1. The predicted molar refractivity (Wildman–Crippen MR) is 132 cm³/mol. The van der Waals surface area contributed by atoms with Crippen LogP contribution in [0.1, 0.15) is 27.6 Å². The van der Waals surface area contributed by atoms with E-state index in [9.17, 15) is 19.8 Å². The fourth-order valence-corrected chi connectivity index (χ4v) is 4.58. The molecule has 1 atom stereocenters. The summed E-state index contributed by atoms with van der Waals surface area (Å²) in [4.78, 5) is 24.3. The second-order valence-electron chi connectivity index (χ2n) is 8.20. The SMILES string of the molecule is NC(=O)c1cccc2c1c1c(C(O)C(=O)O)cc(-c3ccccc3)cc1n2Cc1ccccc1. The third kappa shape index (κ3) is 3.60. The van der Waals surface area contributed by atoms with Crippen molar-refractivity contribution < 1.29 is 19.8 Å². The molecule has 0 spiro atoms. The highest BCUT2D eigenvalue weighted by Gasteiger charge is 2.26. The van der Waals surface area contributed by atoms with Crippen LogP contribution in [0.5, 0.6) is 0 Å². The Morgan fingerprint density at radius 3 is 2.12 bits per heavy atom. The summed E-state index contributed by atoms with van der Waals surface area (Å²) >= 11 is 0. The summed E-state index contributed by atoms with van der Waals surface area (Å²) < 4.78 is 2.04. The van der Waals surface area contributed by atoms with E-state index in [1.54, 1.807) is 18.2 Å². The number of hydrogen-bond acceptors (Lipinski definition) is 3. The van der Waals surface area contributed by atoms with Gasteiger partial charge in [0.25, 0.3) is 0 Å². The summed E-state index contributed by atoms with van der Waals surface area (Å²) in [6.07, 6.45) is -1.78. The lowest BCUT2D eigenvalue weighted by molar-refractivity contribution is -0.146. The van der Waals surface area contributed by atoms with Gasteiger partial charge in [0.05, 0.1) is 11.0 Å². The zero-order chi connectivity index (χ0) is 23.8. The molecule has 1 aromatic heterocycles. The van der Waals surface area contributed by atoms with Crippen molar-refractivity contribution in [1.82, 2.24) is 4.57 Å². The van der Waals surface area contributed by atoms with Crippen molar-refractivity contribution in [2.24, 2.45) is 5.73 Å². The van der Waals surface area contributed by atoms with E-state index >= 15 is 0 Å². The quantitative estimate of drug-likeness (QED) is 0.348. The van der Waals surface area contributed by atoms with Crippen LogP contribution in [-0.2, 0) is 11.3 Å². The maximum absolute atomic E-state index is 12.4. The highest BCUT2D eigenvalue weighted by Crippen LogP contribution is 2.39. The van der Waals surface area contributed by atoms with E-state index in [0.717, 1.165) is 22.2 Å². The van der Waals surface area contributed by atoms with E-state index in [-0.39, 0.29) is 11.1 Å². The number of aliphatic hydroxyl groups is 1. The van der Waals surface area contributed by atoms with E-state index in [4.69, 9.17) is 5.73 Å². The Kier molecular flexibility index (Phi) is 5.36. The number of aromatic nitrogens is 1. The van der Waals surface area contributed by atoms with Gasteiger partial charge in [-0.05, 0) is 41.0 Å². The first kappa shape index (κ1) is 21.4. The zero-order valence-corrected chi connectivity index (χ0v) is 18.2. The molecular formula is C28H22N2O4. The number of aliphatic carboxylic acids is 1. The molecule has 0 radical (unpaired) electrons. The molecule has 1 unspecified atom stereocenters. The van der Waals surface area contributed by atoms with Crippen LogP contribution in [-0.4, -0.2) is 26.7 Å². The minimum absolute atomic E-state index is 0.217. The Morgan fingerprint density at radius 1 is 0.794 bits per heavy atom. The van der Waals surface area contributed by atoms with Crippen molar-refractivity contribution in [3.63, 3.8) is 0 Å². The van der Waals surface area contributed by atoms with Gasteiger partial charge in [-0.25, -0.2) is 4.79 Å². The van der Waals surface area contributed by atoms with Crippen molar-refractivity contribution in [2.45, 2.75) is 12.6 Å². The molecule has 34 heavy (non-hydrogen) atoms. The molecule has 1 heterocycles. The largest absolute Gasteiger partial charge is 0.479 e. The van der Waals surface area contributed by atoms with Crippen molar-refractivity contribution in [1.29, 1.82) is 0 Å². The first-order valence-corrected chi connectivity index (χ1v) is 10.8. The van der Waals surface area contributed by atoms with Crippen LogP contribution in [0.3, 0.4) is 0 Å². The third-order valence-corrected chi connectivity index (χ3v) is 6.11. The number of nitrogens with two attached hydrogens (primary N) is 1. The fourth-order valence-electron chi connectivity index (χ4n) is 4.58. The van der Waals surface area contributed by atoms with Gasteiger partial charge in [-0.2, -0.15) is 0 Å². The van der Waals surface area contributed by atoms with E-state index in [0.29, 0.717) is 22.8 Å². The third-order valence-electron chi connectivity index (χ3n) is 6.11. The molecule has 1 amide bonds. The van der Waals surface area contributed by atoms with Crippen molar-refractivity contribution in [3.8, 4) is 11.1 Å². The van der Waals surface area contributed by atoms with Crippen molar-refractivity contribution >= 4 is 33.7 Å². The highest BCUT2D eigenvalue weighted by molar-refractivity contribution is 6.20. The lowest BCUT2D eigenvalue weighted by Crippen LogP contribution is -2.13. The summed E-state index contributed by atoms with van der Waals surface area (Å²) in [5, 5.41) is 21.5. The molecule has 5 aromatic rings. The number of carboxylic acids is 1. The Labute approximate surface area is 195 Å². The number of amides is 1. The maximum atomic E-state index is 12.4. The van der Waals surface area contributed by atoms with Gasteiger partial charge in [0.15, 0.2) is 6.10 Å². The molecule has 0 fully saturated rings. The van der Waals surface area contributed by atoms with E-state index in [2.05, 4.69) is 0 Å². The van der Waals surface area contributed by atoms with Gasteiger partial charge in [-0.15, -0.1) is 0 Å². The molecular weight excluding hydrogens is 428 g/mol. The van der Waals surface area contributed by atoms with Crippen LogP contribution in [0.25, 0.3) is 32.9 Å². The van der Waals surface area contributed by atoms with Crippen LogP contribution in [0.2, 0.25) is 0 Å². The van der Waals surface area contributed by atoms with Gasteiger partial charge in [0, 0.05) is 28.4 Å². The topological polar surface area (TPSA) is 106 Å². The van der Waals surface area contributed by atoms with Gasteiger partial charge in [-0.3, -0.25) is 4.79 Å². The summed E-state index contributed by atoms with van der Waals surface area (Å²) in [7, 11) is 0. The molecule has 0 saturated carbocycles. The number of benzene rings is 4. The minimum atomic E-state index is -1.78. The molecule has 4 aromatic carbocycles. The Balaban J connectivity index is 1.94. The smallest absolute Gasteiger partial charge is 0.337 e. The fraction of sp³-hybridized carbons (Fsp3) is 0.0714. The summed E-state index contributed by atoms with van der Waals surface area (Å²) in [5.41, 5.74) is 10.3. The van der Waals surface area contributed by atoms with Crippen LogP contribution >= 0.6 is 0 Å². The van der Waals surface area contributed by atoms with Crippen molar-refractivity contribution in [2.75, 3.05) is 0 Å². The number of nitrogens with zero attached hydrogens (tertiary/aromatic N) is 1. The van der Waals surface area contributed by atoms with Gasteiger partial charge < -0.3 is 20.5 Å². The van der Waals surface area contributed by atoms with Crippen LogP contribution in [0, 0.1) is 0 Å². The predicted octanol–water partition coefficient (Wildman–Crippen LogP) is 4.73. The molecule has 5 rings (SSSR count). The number of carboxylic acid groups (broad SMARTS) is 1. The number of primary amides is 1. The second-order valence-corrected chi connectivity index (χ2v) is 8.20. The second kappa shape index (κ2) is 8.50. The number of aliphatic hydroxyl groups excluding tert-OH is 1. The number of hydrogen-bond donors (Lipinski definition) is 3. The molecule has 0 aliphatic heterocycles. The molecule has 6 heteroatoms. The van der Waals surface area contributed by atoms with Crippen LogP contribution < -0.4 is 5.73 Å². The monoisotopic (exact) mass is 450 g/mol. The summed E-state index contributed by atoms with van der Waals surface area (Å²) in [6.45, 7) is 0.490. The first-order chi connectivity index (χ1) is 16.5. The molecule has 0 saturated heterocycles. The van der Waals surface area contributed by atoms with E-state index < -0.39 is 18.0 Å². The standard InChI is InChI=1S/C28H22N2O4/c29-27(32)20-12-7-13-22-24(20)25-21(26(31)28(33)34)14-19(18-10-5-2-6-11-18)15-23(25)30(22)16-17-8-3-1-4-9-17/h1-15,26,31H,16H2,(H2,29,32)(H,33,34). The minimum Gasteiger partial charge on any atom is -0.479 e. The molecule has 168 valence electrons. The average molecular weight is 450 g/mol. The molecule has 0 bridgehead atoms. The Bertz CT molecular complexity index is 1540. The molecule has 0 aliphatic carbocycles. The first-order valence-electron chi connectivity index (χ1n) is 10.8. The van der Waals surface area contributed by atoms with Crippen LogP contribution in [0.4, 0.5) is 0 Å². The number of carbonyl (C=O) groups is 2. The van der Waals surface area contributed by atoms with E-state index in [1.807, 2.05) is 77.4 Å². The lowest BCUT2D eigenvalue weighted by Gasteiger charge is -2.13. The van der Waals surface area contributed by atoms with Gasteiger partial charge in [0.2, 0.25) is 5.91 Å². The highest BCUT2D eigenvalue weighted by atomic mass is 16.4.